The summed E-state index contributed by atoms with van der Waals surface area (Å²) in [6.07, 6.45) is 0.831. The van der Waals surface area contributed by atoms with Gasteiger partial charge in [0.2, 0.25) is 5.82 Å². The summed E-state index contributed by atoms with van der Waals surface area (Å²) in [5.41, 5.74) is 6.75. The van der Waals surface area contributed by atoms with Crippen LogP contribution in [0, 0.1) is 23.7 Å². The van der Waals surface area contributed by atoms with Crippen molar-refractivity contribution in [3.05, 3.63) is 11.6 Å². The maximum atomic E-state index is 10.6. The second-order valence-electron chi connectivity index (χ2n) is 7.45. The summed E-state index contributed by atoms with van der Waals surface area (Å²) in [5.74, 6) is 12.7. The lowest BCUT2D eigenvalue weighted by atomic mass is 10.1. The molecule has 0 aromatic carbocycles. The fourth-order valence-electron chi connectivity index (χ4n) is 3.29. The number of nitrogens with two attached hydrogens (primary N) is 1. The molecular formula is C22H29N5O4. The van der Waals surface area contributed by atoms with Crippen molar-refractivity contribution in [2.75, 3.05) is 12.3 Å². The smallest absolute Gasteiger partial charge is 0.208 e. The first kappa shape index (κ1) is 23.0. The van der Waals surface area contributed by atoms with Crippen molar-refractivity contribution in [3.63, 3.8) is 0 Å². The van der Waals surface area contributed by atoms with Gasteiger partial charge in [-0.25, -0.2) is 15.0 Å². The molecular weight excluding hydrogens is 398 g/mol. The number of nitrogens with zero attached hydrogens (tertiary/aromatic N) is 4. The fourth-order valence-corrected chi connectivity index (χ4v) is 3.29. The summed E-state index contributed by atoms with van der Waals surface area (Å²) in [4.78, 5) is 13.2. The molecule has 0 saturated carbocycles. The Morgan fingerprint density at radius 3 is 2.29 bits per heavy atom. The summed E-state index contributed by atoms with van der Waals surface area (Å²) in [6.45, 7) is 3.73. The van der Waals surface area contributed by atoms with Crippen LogP contribution in [0.3, 0.4) is 0 Å². The molecule has 5 N–H and O–H groups in total. The summed E-state index contributed by atoms with van der Waals surface area (Å²) in [7, 11) is 0. The Morgan fingerprint density at radius 1 is 1.00 bits per heavy atom. The largest absolute Gasteiger partial charge is 0.394 e. The zero-order valence-corrected chi connectivity index (χ0v) is 17.9. The first-order valence-electron chi connectivity index (χ1n) is 10.7. The Hall–Kier alpha value is -2.69. The monoisotopic (exact) mass is 427 g/mol. The van der Waals surface area contributed by atoms with Gasteiger partial charge in [-0.3, -0.25) is 4.57 Å². The number of aliphatic hydroxyl groups excluding tert-OH is 3. The van der Waals surface area contributed by atoms with Gasteiger partial charge in [0.25, 0.3) is 0 Å². The third kappa shape index (κ3) is 4.97. The predicted octanol–water partition coefficient (Wildman–Crippen LogP) is 1.10. The Bertz CT molecular complexity index is 1030. The summed E-state index contributed by atoms with van der Waals surface area (Å²) in [6, 6.07) is 0. The zero-order chi connectivity index (χ0) is 22.4. The highest BCUT2D eigenvalue weighted by Gasteiger charge is 2.45. The molecule has 9 nitrogen and oxygen atoms in total. The highest BCUT2D eigenvalue weighted by Crippen LogP contribution is 2.33. The maximum absolute atomic E-state index is 10.6. The Morgan fingerprint density at radius 2 is 1.68 bits per heavy atom. The van der Waals surface area contributed by atoms with E-state index in [2.05, 4.69) is 52.5 Å². The van der Waals surface area contributed by atoms with Crippen LogP contribution >= 0.6 is 0 Å². The van der Waals surface area contributed by atoms with Crippen molar-refractivity contribution < 1.29 is 20.1 Å². The van der Waals surface area contributed by atoms with Crippen LogP contribution in [0.15, 0.2) is 0 Å². The van der Waals surface area contributed by atoms with E-state index >= 15 is 0 Å². The zero-order valence-electron chi connectivity index (χ0n) is 17.9. The third-order valence-electron chi connectivity index (χ3n) is 5.05. The van der Waals surface area contributed by atoms with Crippen molar-refractivity contribution >= 4 is 17.0 Å². The number of ether oxygens (including phenoxy) is 1. The molecule has 1 aliphatic rings. The number of hydrogen-bond acceptors (Lipinski definition) is 8. The van der Waals surface area contributed by atoms with E-state index in [1.54, 1.807) is 0 Å². The van der Waals surface area contributed by atoms with Gasteiger partial charge >= 0.3 is 0 Å². The minimum Gasteiger partial charge on any atom is -0.394 e. The first-order valence-corrected chi connectivity index (χ1v) is 10.7. The van der Waals surface area contributed by atoms with Crippen LogP contribution in [0.5, 0.6) is 0 Å². The molecule has 4 atom stereocenters. The van der Waals surface area contributed by atoms with Gasteiger partial charge in [0, 0.05) is 12.8 Å². The lowest BCUT2D eigenvalue weighted by molar-refractivity contribution is -0.0514. The van der Waals surface area contributed by atoms with E-state index in [4.69, 9.17) is 10.5 Å². The first-order chi connectivity index (χ1) is 15.0. The number of nitrogen functional groups attached to an aromatic ring is 1. The van der Waals surface area contributed by atoms with Gasteiger partial charge in [-0.2, -0.15) is 0 Å². The molecule has 0 amide bonds. The molecule has 2 aromatic heterocycles. The minimum atomic E-state index is -1.30. The molecule has 1 aliphatic heterocycles. The molecule has 9 heteroatoms. The van der Waals surface area contributed by atoms with Gasteiger partial charge in [0.1, 0.15) is 18.3 Å². The SMILES string of the molecule is CCCCC#Cc1nc(N)c2nc(C#CCCCC)n([C@@H]3O[C@H](CO)C(O)C3O)c2n1. The van der Waals surface area contributed by atoms with E-state index in [9.17, 15) is 15.3 Å². The quantitative estimate of drug-likeness (QED) is 0.397. The molecule has 1 fully saturated rings. The molecule has 0 aliphatic carbocycles. The average Bonchev–Trinajstić information content (AvgIpc) is 3.26. The van der Waals surface area contributed by atoms with Crippen molar-refractivity contribution in [1.82, 2.24) is 19.5 Å². The number of aromatic nitrogens is 4. The Kier molecular flexibility index (Phi) is 7.83. The van der Waals surface area contributed by atoms with Gasteiger partial charge in [-0.1, -0.05) is 38.5 Å². The molecule has 0 spiro atoms. The highest BCUT2D eigenvalue weighted by molar-refractivity contribution is 5.83. The number of aliphatic hydroxyl groups is 3. The van der Waals surface area contributed by atoms with Crippen LogP contribution in [0.2, 0.25) is 0 Å². The van der Waals surface area contributed by atoms with Gasteiger partial charge in [-0.05, 0) is 24.7 Å². The second kappa shape index (κ2) is 10.6. The molecule has 0 radical (unpaired) electrons. The van der Waals surface area contributed by atoms with Crippen LogP contribution in [-0.4, -0.2) is 59.8 Å². The normalized spacial score (nSPS) is 22.7. The van der Waals surface area contributed by atoms with Gasteiger partial charge < -0.3 is 25.8 Å². The molecule has 0 bridgehead atoms. The van der Waals surface area contributed by atoms with Crippen molar-refractivity contribution in [3.8, 4) is 23.7 Å². The third-order valence-corrected chi connectivity index (χ3v) is 5.05. The number of hydrogen-bond donors (Lipinski definition) is 4. The van der Waals surface area contributed by atoms with Crippen LogP contribution in [-0.2, 0) is 4.74 Å². The Labute approximate surface area is 181 Å². The number of anilines is 1. The second-order valence-corrected chi connectivity index (χ2v) is 7.45. The van der Waals surface area contributed by atoms with E-state index < -0.39 is 31.1 Å². The minimum absolute atomic E-state index is 0.145. The fraction of sp³-hybridized carbons (Fsp3) is 0.591. The molecule has 2 unspecified atom stereocenters. The molecule has 1 saturated heterocycles. The van der Waals surface area contributed by atoms with Gasteiger partial charge in [0.05, 0.1) is 6.61 Å². The number of unbranched alkanes of at least 4 members (excludes halogenated alkanes) is 4. The van der Waals surface area contributed by atoms with Crippen molar-refractivity contribution in [2.45, 2.75) is 76.9 Å². The van der Waals surface area contributed by atoms with Crippen LogP contribution in [0.4, 0.5) is 5.82 Å². The van der Waals surface area contributed by atoms with Crippen LogP contribution in [0.25, 0.3) is 11.2 Å². The lowest BCUT2D eigenvalue weighted by Crippen LogP contribution is -2.33. The molecule has 3 heterocycles. The van der Waals surface area contributed by atoms with Crippen LogP contribution < -0.4 is 5.73 Å². The molecule has 3 rings (SSSR count). The maximum Gasteiger partial charge on any atom is 0.208 e. The molecule has 166 valence electrons. The summed E-state index contributed by atoms with van der Waals surface area (Å²) < 4.78 is 7.22. The number of rotatable bonds is 6. The molecule has 31 heavy (non-hydrogen) atoms. The van der Waals surface area contributed by atoms with Gasteiger partial charge in [0.15, 0.2) is 29.0 Å². The van der Waals surface area contributed by atoms with Crippen molar-refractivity contribution in [2.24, 2.45) is 0 Å². The summed E-state index contributed by atoms with van der Waals surface area (Å²) in [5, 5.41) is 30.3. The van der Waals surface area contributed by atoms with E-state index in [-0.39, 0.29) is 17.5 Å². The van der Waals surface area contributed by atoms with E-state index in [1.807, 2.05) is 0 Å². The van der Waals surface area contributed by atoms with Gasteiger partial charge in [-0.15, -0.1) is 0 Å². The number of imidazole rings is 1. The highest BCUT2D eigenvalue weighted by atomic mass is 16.6. The number of fused-ring (bicyclic) bond motifs is 1. The van der Waals surface area contributed by atoms with E-state index in [0.717, 1.165) is 32.1 Å². The Balaban J connectivity index is 2.11. The lowest BCUT2D eigenvalue weighted by Gasteiger charge is -2.17. The van der Waals surface area contributed by atoms with E-state index in [1.165, 1.54) is 4.57 Å². The average molecular weight is 428 g/mol. The summed E-state index contributed by atoms with van der Waals surface area (Å²) >= 11 is 0. The predicted molar refractivity (Wildman–Crippen MR) is 116 cm³/mol. The van der Waals surface area contributed by atoms with Crippen molar-refractivity contribution in [1.29, 1.82) is 0 Å². The molecule has 2 aromatic rings. The topological polar surface area (TPSA) is 140 Å². The van der Waals surface area contributed by atoms with Crippen LogP contribution in [0.1, 0.15) is 70.2 Å². The van der Waals surface area contributed by atoms with E-state index in [0.29, 0.717) is 17.6 Å². The standard InChI is InChI=1S/C22H29N5O4/c1-3-5-7-9-11-15-24-20(23)17-21(25-15)27(16(26-17)12-10-8-6-4-2)22-19(30)18(29)14(13-28)31-22/h14,18-19,22,28-30H,3-8,13H2,1-2H3,(H2,23,24,25)/t14-,18?,19?,22-/m1/s1.